The molecule has 0 radical (unpaired) electrons. The van der Waals surface area contributed by atoms with E-state index in [0.717, 1.165) is 18.7 Å². The van der Waals surface area contributed by atoms with Crippen LogP contribution in [0, 0.1) is 5.82 Å². The van der Waals surface area contributed by atoms with Crippen molar-refractivity contribution in [3.05, 3.63) is 35.6 Å². The lowest BCUT2D eigenvalue weighted by Crippen LogP contribution is -2.42. The summed E-state index contributed by atoms with van der Waals surface area (Å²) in [4.78, 5) is 0. The zero-order valence-electron chi connectivity index (χ0n) is 8.17. The maximum Gasteiger partial charge on any atom is 0.127 e. The van der Waals surface area contributed by atoms with Crippen molar-refractivity contribution in [2.24, 2.45) is 0 Å². The Kier molecular flexibility index (Phi) is 3.11. The number of hydrazine groups is 1. The van der Waals surface area contributed by atoms with Crippen LogP contribution in [0.2, 0.25) is 0 Å². The SMILES string of the molecule is Fc1ccccc1CN1CCCCN1. The Bertz CT molecular complexity index is 295. The van der Waals surface area contributed by atoms with Gasteiger partial charge in [0.2, 0.25) is 0 Å². The van der Waals surface area contributed by atoms with Gasteiger partial charge in [-0.25, -0.2) is 9.40 Å². The number of rotatable bonds is 2. The van der Waals surface area contributed by atoms with Gasteiger partial charge >= 0.3 is 0 Å². The molecule has 1 aromatic rings. The quantitative estimate of drug-likeness (QED) is 0.773. The number of halogens is 1. The van der Waals surface area contributed by atoms with E-state index in [1.807, 2.05) is 12.1 Å². The van der Waals surface area contributed by atoms with E-state index in [0.29, 0.717) is 6.54 Å². The van der Waals surface area contributed by atoms with Gasteiger partial charge in [0.25, 0.3) is 0 Å². The van der Waals surface area contributed by atoms with Crippen LogP contribution in [0.4, 0.5) is 4.39 Å². The molecule has 0 amide bonds. The third-order valence-electron chi connectivity index (χ3n) is 2.51. The van der Waals surface area contributed by atoms with E-state index < -0.39 is 0 Å². The van der Waals surface area contributed by atoms with E-state index in [4.69, 9.17) is 0 Å². The molecule has 0 bridgehead atoms. The van der Waals surface area contributed by atoms with Crippen LogP contribution in [0.5, 0.6) is 0 Å². The summed E-state index contributed by atoms with van der Waals surface area (Å²) in [6.45, 7) is 2.68. The van der Waals surface area contributed by atoms with Crippen molar-refractivity contribution in [3.63, 3.8) is 0 Å². The first-order valence-corrected chi connectivity index (χ1v) is 5.08. The lowest BCUT2D eigenvalue weighted by molar-refractivity contribution is 0.142. The van der Waals surface area contributed by atoms with E-state index in [2.05, 4.69) is 10.4 Å². The Balaban J connectivity index is 1.99. The Morgan fingerprint density at radius 2 is 2.14 bits per heavy atom. The summed E-state index contributed by atoms with van der Waals surface area (Å²) < 4.78 is 13.3. The molecular formula is C11H15FN2. The molecule has 3 heteroatoms. The van der Waals surface area contributed by atoms with Gasteiger partial charge in [0.1, 0.15) is 5.82 Å². The molecule has 0 aromatic heterocycles. The molecule has 1 heterocycles. The van der Waals surface area contributed by atoms with E-state index >= 15 is 0 Å². The van der Waals surface area contributed by atoms with Gasteiger partial charge in [-0.05, 0) is 18.9 Å². The van der Waals surface area contributed by atoms with Gasteiger partial charge in [-0.3, -0.25) is 5.43 Å². The molecular weight excluding hydrogens is 179 g/mol. The fraction of sp³-hybridized carbons (Fsp3) is 0.455. The molecule has 0 aliphatic carbocycles. The summed E-state index contributed by atoms with van der Waals surface area (Å²) >= 11 is 0. The first-order valence-electron chi connectivity index (χ1n) is 5.08. The molecule has 1 N–H and O–H groups in total. The summed E-state index contributed by atoms with van der Waals surface area (Å²) in [6.07, 6.45) is 2.41. The Morgan fingerprint density at radius 3 is 2.86 bits per heavy atom. The third-order valence-corrected chi connectivity index (χ3v) is 2.51. The molecule has 0 saturated carbocycles. The van der Waals surface area contributed by atoms with Crippen LogP contribution in [0.25, 0.3) is 0 Å². The molecule has 1 aliphatic heterocycles. The molecule has 0 spiro atoms. The average molecular weight is 194 g/mol. The topological polar surface area (TPSA) is 15.3 Å². The smallest absolute Gasteiger partial charge is 0.127 e. The van der Waals surface area contributed by atoms with Crippen LogP contribution in [-0.4, -0.2) is 18.1 Å². The summed E-state index contributed by atoms with van der Waals surface area (Å²) in [7, 11) is 0. The summed E-state index contributed by atoms with van der Waals surface area (Å²) in [5.74, 6) is -0.111. The number of hydrogen-bond acceptors (Lipinski definition) is 2. The second kappa shape index (κ2) is 4.53. The Hall–Kier alpha value is -0.930. The van der Waals surface area contributed by atoms with Gasteiger partial charge in [0.05, 0.1) is 0 Å². The normalized spacial score (nSPS) is 18.4. The second-order valence-electron chi connectivity index (χ2n) is 3.63. The van der Waals surface area contributed by atoms with Crippen molar-refractivity contribution < 1.29 is 4.39 Å². The van der Waals surface area contributed by atoms with Crippen LogP contribution >= 0.6 is 0 Å². The third kappa shape index (κ3) is 2.30. The summed E-state index contributed by atoms with van der Waals surface area (Å²) in [5, 5.41) is 2.09. The molecule has 0 unspecified atom stereocenters. The second-order valence-corrected chi connectivity index (χ2v) is 3.63. The molecule has 1 fully saturated rings. The predicted octanol–water partition coefficient (Wildman–Crippen LogP) is 1.93. The van der Waals surface area contributed by atoms with Crippen molar-refractivity contribution >= 4 is 0 Å². The van der Waals surface area contributed by atoms with Gasteiger partial charge in [-0.1, -0.05) is 18.2 Å². The van der Waals surface area contributed by atoms with Crippen LogP contribution in [0.1, 0.15) is 18.4 Å². The standard InChI is InChI=1S/C11H15FN2/c12-11-6-2-1-5-10(11)9-14-8-4-3-7-13-14/h1-2,5-6,13H,3-4,7-9H2. The number of nitrogens with one attached hydrogen (secondary N) is 1. The maximum atomic E-state index is 13.3. The maximum absolute atomic E-state index is 13.3. The van der Waals surface area contributed by atoms with Crippen molar-refractivity contribution in [3.8, 4) is 0 Å². The summed E-state index contributed by atoms with van der Waals surface area (Å²) in [5.41, 5.74) is 4.03. The average Bonchev–Trinajstić information content (AvgIpc) is 2.23. The lowest BCUT2D eigenvalue weighted by atomic mass is 10.2. The molecule has 1 aromatic carbocycles. The first-order chi connectivity index (χ1) is 6.86. The minimum absolute atomic E-state index is 0.111. The van der Waals surface area contributed by atoms with Crippen LogP contribution in [0.3, 0.4) is 0 Å². The number of nitrogens with zero attached hydrogens (tertiary/aromatic N) is 1. The van der Waals surface area contributed by atoms with E-state index in [-0.39, 0.29) is 5.82 Å². The molecule has 14 heavy (non-hydrogen) atoms. The van der Waals surface area contributed by atoms with Crippen molar-refractivity contribution in [2.75, 3.05) is 13.1 Å². The zero-order valence-corrected chi connectivity index (χ0v) is 8.17. The highest BCUT2D eigenvalue weighted by atomic mass is 19.1. The number of benzene rings is 1. The van der Waals surface area contributed by atoms with Gasteiger partial charge in [0.15, 0.2) is 0 Å². The molecule has 1 saturated heterocycles. The van der Waals surface area contributed by atoms with Crippen molar-refractivity contribution in [2.45, 2.75) is 19.4 Å². The number of hydrogen-bond donors (Lipinski definition) is 1. The van der Waals surface area contributed by atoms with E-state index in [1.165, 1.54) is 18.9 Å². The highest BCUT2D eigenvalue weighted by Crippen LogP contribution is 2.10. The summed E-state index contributed by atoms with van der Waals surface area (Å²) in [6, 6.07) is 6.95. The highest BCUT2D eigenvalue weighted by Gasteiger charge is 2.11. The first kappa shape index (κ1) is 9.62. The largest absolute Gasteiger partial charge is 0.255 e. The van der Waals surface area contributed by atoms with Crippen molar-refractivity contribution in [1.82, 2.24) is 10.4 Å². The van der Waals surface area contributed by atoms with Crippen LogP contribution < -0.4 is 5.43 Å². The zero-order chi connectivity index (χ0) is 9.80. The minimum atomic E-state index is -0.111. The minimum Gasteiger partial charge on any atom is -0.255 e. The monoisotopic (exact) mass is 194 g/mol. The Morgan fingerprint density at radius 1 is 1.29 bits per heavy atom. The highest BCUT2D eigenvalue weighted by molar-refractivity contribution is 5.16. The van der Waals surface area contributed by atoms with E-state index in [9.17, 15) is 4.39 Å². The van der Waals surface area contributed by atoms with Gasteiger partial charge in [-0.15, -0.1) is 0 Å². The fourth-order valence-corrected chi connectivity index (χ4v) is 1.71. The van der Waals surface area contributed by atoms with Crippen molar-refractivity contribution in [1.29, 1.82) is 0 Å². The predicted molar refractivity (Wildman–Crippen MR) is 54.0 cm³/mol. The molecule has 0 atom stereocenters. The van der Waals surface area contributed by atoms with Gasteiger partial charge in [0, 0.05) is 25.2 Å². The van der Waals surface area contributed by atoms with Crippen LogP contribution in [-0.2, 0) is 6.54 Å². The van der Waals surface area contributed by atoms with Gasteiger partial charge < -0.3 is 0 Å². The fourth-order valence-electron chi connectivity index (χ4n) is 1.71. The molecule has 1 aliphatic rings. The molecule has 2 nitrogen and oxygen atoms in total. The molecule has 76 valence electrons. The molecule has 2 rings (SSSR count). The lowest BCUT2D eigenvalue weighted by Gasteiger charge is -2.27. The Labute approximate surface area is 83.7 Å². The van der Waals surface area contributed by atoms with Crippen LogP contribution in [0.15, 0.2) is 24.3 Å². The van der Waals surface area contributed by atoms with E-state index in [1.54, 1.807) is 6.07 Å². The van der Waals surface area contributed by atoms with Gasteiger partial charge in [-0.2, -0.15) is 0 Å².